The van der Waals surface area contributed by atoms with Crippen LogP contribution >= 0.6 is 0 Å². The quantitative estimate of drug-likeness (QED) is 0.761. The Bertz CT molecular complexity index is 468. The van der Waals surface area contributed by atoms with Crippen molar-refractivity contribution in [1.82, 2.24) is 10.6 Å². The second-order valence-electron chi connectivity index (χ2n) is 4.54. The standard InChI is InChI=1S/C14H19N3O2/c1-2-15-13(18)10-6-3-4-7-11(10)17-14(19)12-8-5-9-16-12/h3-4,6-7,12,16H,2,5,8-9H2,1H3,(H,15,18)(H,17,19). The van der Waals surface area contributed by atoms with Crippen LogP contribution in [0, 0.1) is 0 Å². The molecule has 2 amide bonds. The minimum absolute atomic E-state index is 0.0748. The molecule has 3 N–H and O–H groups in total. The van der Waals surface area contributed by atoms with Crippen LogP contribution in [0.1, 0.15) is 30.1 Å². The first-order valence-corrected chi connectivity index (χ1v) is 6.64. The molecule has 1 saturated heterocycles. The Morgan fingerprint density at radius 3 is 2.84 bits per heavy atom. The summed E-state index contributed by atoms with van der Waals surface area (Å²) in [5, 5.41) is 8.71. The lowest BCUT2D eigenvalue weighted by Crippen LogP contribution is -2.36. The Labute approximate surface area is 112 Å². The molecule has 5 heteroatoms. The number of benzene rings is 1. The van der Waals surface area contributed by atoms with Crippen LogP contribution in [0.4, 0.5) is 5.69 Å². The number of rotatable bonds is 4. The van der Waals surface area contributed by atoms with Crippen LogP contribution in [0.5, 0.6) is 0 Å². The van der Waals surface area contributed by atoms with Gasteiger partial charge in [0.1, 0.15) is 0 Å². The average molecular weight is 261 g/mol. The monoisotopic (exact) mass is 261 g/mol. The fourth-order valence-corrected chi connectivity index (χ4v) is 2.17. The van der Waals surface area contributed by atoms with Crippen molar-refractivity contribution in [3.8, 4) is 0 Å². The maximum atomic E-state index is 12.0. The predicted octanol–water partition coefficient (Wildman–Crippen LogP) is 1.13. The molecule has 102 valence electrons. The molecule has 1 unspecified atom stereocenters. The van der Waals surface area contributed by atoms with Gasteiger partial charge in [0, 0.05) is 6.54 Å². The van der Waals surface area contributed by atoms with E-state index in [4.69, 9.17) is 0 Å². The highest BCUT2D eigenvalue weighted by molar-refractivity contribution is 6.04. The fraction of sp³-hybridized carbons (Fsp3) is 0.429. The van der Waals surface area contributed by atoms with Gasteiger partial charge in [-0.05, 0) is 38.4 Å². The number of carbonyl (C=O) groups excluding carboxylic acids is 2. The van der Waals surface area contributed by atoms with Crippen molar-refractivity contribution in [1.29, 1.82) is 0 Å². The molecule has 1 fully saturated rings. The fourth-order valence-electron chi connectivity index (χ4n) is 2.17. The van der Waals surface area contributed by atoms with Gasteiger partial charge in [0.15, 0.2) is 0 Å². The van der Waals surface area contributed by atoms with Gasteiger partial charge in [-0.25, -0.2) is 0 Å². The first-order chi connectivity index (χ1) is 9.22. The maximum absolute atomic E-state index is 12.0. The Balaban J connectivity index is 2.11. The third-order valence-electron chi connectivity index (χ3n) is 3.14. The topological polar surface area (TPSA) is 70.2 Å². The molecule has 1 aromatic carbocycles. The van der Waals surface area contributed by atoms with Gasteiger partial charge >= 0.3 is 0 Å². The van der Waals surface area contributed by atoms with E-state index in [1.807, 2.05) is 6.92 Å². The third kappa shape index (κ3) is 3.32. The predicted molar refractivity (Wildman–Crippen MR) is 74.1 cm³/mol. The lowest BCUT2D eigenvalue weighted by molar-refractivity contribution is -0.117. The van der Waals surface area contributed by atoms with Crippen molar-refractivity contribution >= 4 is 17.5 Å². The van der Waals surface area contributed by atoms with Crippen LogP contribution in [-0.4, -0.2) is 30.9 Å². The summed E-state index contributed by atoms with van der Waals surface area (Å²) in [6, 6.07) is 6.90. The van der Waals surface area contributed by atoms with E-state index in [0.29, 0.717) is 17.8 Å². The van der Waals surface area contributed by atoms with Crippen LogP contribution in [0.15, 0.2) is 24.3 Å². The summed E-state index contributed by atoms with van der Waals surface area (Å²) in [7, 11) is 0. The maximum Gasteiger partial charge on any atom is 0.253 e. The van der Waals surface area contributed by atoms with Crippen molar-refractivity contribution in [2.45, 2.75) is 25.8 Å². The molecule has 0 saturated carbocycles. The molecular weight excluding hydrogens is 242 g/mol. The van der Waals surface area contributed by atoms with Crippen LogP contribution < -0.4 is 16.0 Å². The van der Waals surface area contributed by atoms with Gasteiger partial charge in [-0.1, -0.05) is 12.1 Å². The molecule has 0 spiro atoms. The Morgan fingerprint density at radius 1 is 1.37 bits per heavy atom. The van der Waals surface area contributed by atoms with Gasteiger partial charge in [-0.3, -0.25) is 9.59 Å². The smallest absolute Gasteiger partial charge is 0.253 e. The Hall–Kier alpha value is -1.88. The molecule has 0 aliphatic carbocycles. The highest BCUT2D eigenvalue weighted by Gasteiger charge is 2.23. The average Bonchev–Trinajstić information content (AvgIpc) is 2.93. The highest BCUT2D eigenvalue weighted by atomic mass is 16.2. The second kappa shape index (κ2) is 6.33. The van der Waals surface area contributed by atoms with Gasteiger partial charge in [-0.15, -0.1) is 0 Å². The lowest BCUT2D eigenvalue weighted by atomic mass is 10.1. The van der Waals surface area contributed by atoms with E-state index in [9.17, 15) is 9.59 Å². The normalized spacial score (nSPS) is 18.1. The lowest BCUT2D eigenvalue weighted by Gasteiger charge is -2.14. The van der Waals surface area contributed by atoms with Crippen LogP contribution in [-0.2, 0) is 4.79 Å². The summed E-state index contributed by atoms with van der Waals surface area (Å²) in [4.78, 5) is 23.9. The third-order valence-corrected chi connectivity index (χ3v) is 3.14. The first-order valence-electron chi connectivity index (χ1n) is 6.64. The van der Waals surface area contributed by atoms with Crippen molar-refractivity contribution in [3.05, 3.63) is 29.8 Å². The van der Waals surface area contributed by atoms with Gasteiger partial charge in [-0.2, -0.15) is 0 Å². The number of hydrogen-bond donors (Lipinski definition) is 3. The molecule has 1 heterocycles. The van der Waals surface area contributed by atoms with Crippen LogP contribution in [0.25, 0.3) is 0 Å². The van der Waals surface area contributed by atoms with E-state index in [1.54, 1.807) is 24.3 Å². The number of amides is 2. The molecule has 1 atom stereocenters. The van der Waals surface area contributed by atoms with E-state index >= 15 is 0 Å². The van der Waals surface area contributed by atoms with Gasteiger partial charge in [0.05, 0.1) is 17.3 Å². The Kier molecular flexibility index (Phi) is 4.52. The van der Waals surface area contributed by atoms with Crippen molar-refractivity contribution in [2.24, 2.45) is 0 Å². The number of carbonyl (C=O) groups is 2. The zero-order chi connectivity index (χ0) is 13.7. The number of anilines is 1. The van der Waals surface area contributed by atoms with Gasteiger partial charge in [0.2, 0.25) is 5.91 Å². The van der Waals surface area contributed by atoms with E-state index in [2.05, 4.69) is 16.0 Å². The molecule has 19 heavy (non-hydrogen) atoms. The summed E-state index contributed by atoms with van der Waals surface area (Å²) >= 11 is 0. The number of para-hydroxylation sites is 1. The highest BCUT2D eigenvalue weighted by Crippen LogP contribution is 2.16. The molecule has 2 rings (SSSR count). The molecule has 1 aliphatic rings. The summed E-state index contributed by atoms with van der Waals surface area (Å²) in [6.45, 7) is 3.29. The van der Waals surface area contributed by atoms with Gasteiger partial charge < -0.3 is 16.0 Å². The van der Waals surface area contributed by atoms with E-state index in [1.165, 1.54) is 0 Å². The first kappa shape index (κ1) is 13.5. The largest absolute Gasteiger partial charge is 0.352 e. The van der Waals surface area contributed by atoms with E-state index < -0.39 is 0 Å². The van der Waals surface area contributed by atoms with E-state index in [-0.39, 0.29) is 17.9 Å². The molecule has 0 radical (unpaired) electrons. The Morgan fingerprint density at radius 2 is 2.16 bits per heavy atom. The minimum Gasteiger partial charge on any atom is -0.352 e. The molecule has 0 bridgehead atoms. The minimum atomic E-state index is -0.169. The zero-order valence-corrected chi connectivity index (χ0v) is 11.0. The van der Waals surface area contributed by atoms with E-state index in [0.717, 1.165) is 19.4 Å². The number of nitrogens with one attached hydrogen (secondary N) is 3. The summed E-state index contributed by atoms with van der Waals surface area (Å²) < 4.78 is 0. The molecular formula is C14H19N3O2. The summed E-state index contributed by atoms with van der Waals surface area (Å²) in [5.41, 5.74) is 1.06. The zero-order valence-electron chi connectivity index (χ0n) is 11.0. The SMILES string of the molecule is CCNC(=O)c1ccccc1NC(=O)C1CCCN1. The summed E-state index contributed by atoms with van der Waals surface area (Å²) in [5.74, 6) is -0.243. The molecule has 5 nitrogen and oxygen atoms in total. The van der Waals surface area contributed by atoms with Crippen LogP contribution in [0.3, 0.4) is 0 Å². The van der Waals surface area contributed by atoms with Crippen LogP contribution in [0.2, 0.25) is 0 Å². The number of hydrogen-bond acceptors (Lipinski definition) is 3. The molecule has 0 aromatic heterocycles. The second-order valence-corrected chi connectivity index (χ2v) is 4.54. The van der Waals surface area contributed by atoms with Crippen molar-refractivity contribution < 1.29 is 9.59 Å². The van der Waals surface area contributed by atoms with Crippen molar-refractivity contribution in [3.63, 3.8) is 0 Å². The van der Waals surface area contributed by atoms with Crippen molar-refractivity contribution in [2.75, 3.05) is 18.4 Å². The summed E-state index contributed by atoms with van der Waals surface area (Å²) in [6.07, 6.45) is 1.85. The molecule has 1 aromatic rings. The van der Waals surface area contributed by atoms with Gasteiger partial charge in [0.25, 0.3) is 5.91 Å². The molecule has 1 aliphatic heterocycles.